The van der Waals surface area contributed by atoms with Crippen LogP contribution in [0.3, 0.4) is 0 Å². The van der Waals surface area contributed by atoms with Crippen molar-refractivity contribution in [2.24, 2.45) is 0 Å². The number of rotatable bonds is 6. The quantitative estimate of drug-likeness (QED) is 0.819. The molecule has 21 heavy (non-hydrogen) atoms. The van der Waals surface area contributed by atoms with Gasteiger partial charge in [0.1, 0.15) is 11.8 Å². The first-order valence-corrected chi connectivity index (χ1v) is 8.48. The number of ether oxygens (including phenoxy) is 1. The number of hydrogen-bond acceptors (Lipinski definition) is 4. The molecule has 0 saturated carbocycles. The molecule has 1 N–H and O–H groups in total. The van der Waals surface area contributed by atoms with E-state index in [1.165, 1.54) is 5.56 Å². The van der Waals surface area contributed by atoms with Crippen molar-refractivity contribution >= 4 is 17.7 Å². The summed E-state index contributed by atoms with van der Waals surface area (Å²) in [5, 5.41) is 9.22. The van der Waals surface area contributed by atoms with E-state index >= 15 is 0 Å². The summed E-state index contributed by atoms with van der Waals surface area (Å²) in [6.07, 6.45) is 0.849. The zero-order valence-electron chi connectivity index (χ0n) is 12.7. The molecule has 0 aromatic heterocycles. The minimum atomic E-state index is -0.711. The molecule has 2 rings (SSSR count). The Balaban J connectivity index is 1.78. The Hall–Kier alpha value is -1.20. The maximum atomic E-state index is 11.2. The number of thioether (sulfide) groups is 1. The van der Waals surface area contributed by atoms with Crippen LogP contribution in [0.25, 0.3) is 0 Å². The van der Waals surface area contributed by atoms with Gasteiger partial charge in [0.05, 0.1) is 6.61 Å². The molecule has 1 fully saturated rings. The van der Waals surface area contributed by atoms with Gasteiger partial charge < -0.3 is 9.84 Å². The molecule has 0 aliphatic carbocycles. The predicted molar refractivity (Wildman–Crippen MR) is 86.3 cm³/mol. The van der Waals surface area contributed by atoms with Gasteiger partial charge in [-0.15, -0.1) is 0 Å². The van der Waals surface area contributed by atoms with Gasteiger partial charge >= 0.3 is 5.97 Å². The van der Waals surface area contributed by atoms with Crippen LogP contribution in [0, 0.1) is 13.8 Å². The van der Waals surface area contributed by atoms with Gasteiger partial charge in [-0.1, -0.05) is 12.1 Å². The molecule has 1 aliphatic heterocycles. The van der Waals surface area contributed by atoms with Crippen LogP contribution in [-0.4, -0.2) is 53.2 Å². The number of carboxylic acid groups (broad SMARTS) is 1. The van der Waals surface area contributed by atoms with Crippen molar-refractivity contribution < 1.29 is 14.6 Å². The zero-order valence-corrected chi connectivity index (χ0v) is 13.5. The summed E-state index contributed by atoms with van der Waals surface area (Å²) in [7, 11) is 0. The average molecular weight is 309 g/mol. The van der Waals surface area contributed by atoms with Crippen LogP contribution in [0.4, 0.5) is 0 Å². The number of carbonyl (C=O) groups is 1. The molecule has 0 spiro atoms. The highest BCUT2D eigenvalue weighted by Crippen LogP contribution is 2.20. The standard InChI is InChI=1S/C16H23NO3S/c1-12-4-5-13(2)15(10-12)20-8-3-6-17-7-9-21-11-14(17)16(18)19/h4-5,10,14H,3,6-9,11H2,1-2H3,(H,18,19). The van der Waals surface area contributed by atoms with Crippen molar-refractivity contribution in [3.05, 3.63) is 29.3 Å². The minimum absolute atomic E-state index is 0.343. The van der Waals surface area contributed by atoms with Crippen molar-refractivity contribution in [1.82, 2.24) is 4.90 Å². The van der Waals surface area contributed by atoms with Crippen molar-refractivity contribution in [3.8, 4) is 5.75 Å². The Morgan fingerprint density at radius 3 is 3.05 bits per heavy atom. The van der Waals surface area contributed by atoms with Gasteiger partial charge in [0.2, 0.25) is 0 Å². The van der Waals surface area contributed by atoms with Gasteiger partial charge in [-0.2, -0.15) is 11.8 Å². The molecule has 1 aliphatic rings. The molecule has 116 valence electrons. The third-order valence-corrected chi connectivity index (χ3v) is 4.74. The van der Waals surface area contributed by atoms with Crippen LogP contribution < -0.4 is 4.74 Å². The van der Waals surface area contributed by atoms with Gasteiger partial charge in [-0.25, -0.2) is 0 Å². The summed E-state index contributed by atoms with van der Waals surface area (Å²) in [6.45, 7) is 6.35. The summed E-state index contributed by atoms with van der Waals surface area (Å²) in [5.74, 6) is 1.92. The molecule has 0 radical (unpaired) electrons. The lowest BCUT2D eigenvalue weighted by Gasteiger charge is -2.32. The lowest BCUT2D eigenvalue weighted by atomic mass is 10.1. The summed E-state index contributed by atoms with van der Waals surface area (Å²) in [5.41, 5.74) is 2.33. The summed E-state index contributed by atoms with van der Waals surface area (Å²) >= 11 is 1.72. The Labute approximate surface area is 130 Å². The molecule has 1 aromatic rings. The minimum Gasteiger partial charge on any atom is -0.493 e. The Kier molecular flexibility index (Phi) is 5.94. The van der Waals surface area contributed by atoms with Crippen LogP contribution in [0.5, 0.6) is 5.75 Å². The van der Waals surface area contributed by atoms with Crippen LogP contribution in [0.1, 0.15) is 17.5 Å². The fourth-order valence-corrected chi connectivity index (χ4v) is 3.55. The Bertz CT molecular complexity index is 492. The van der Waals surface area contributed by atoms with Crippen LogP contribution in [0.15, 0.2) is 18.2 Å². The summed E-state index contributed by atoms with van der Waals surface area (Å²) < 4.78 is 5.83. The van der Waals surface area contributed by atoms with Crippen molar-refractivity contribution in [2.75, 3.05) is 31.2 Å². The monoisotopic (exact) mass is 309 g/mol. The highest BCUT2D eigenvalue weighted by Gasteiger charge is 2.28. The van der Waals surface area contributed by atoms with E-state index in [1.54, 1.807) is 11.8 Å². The third-order valence-electron chi connectivity index (χ3n) is 3.72. The van der Waals surface area contributed by atoms with E-state index in [9.17, 15) is 9.90 Å². The van der Waals surface area contributed by atoms with E-state index in [-0.39, 0.29) is 6.04 Å². The maximum absolute atomic E-state index is 11.2. The molecule has 1 saturated heterocycles. The first-order valence-electron chi connectivity index (χ1n) is 7.32. The lowest BCUT2D eigenvalue weighted by molar-refractivity contribution is -0.142. The van der Waals surface area contributed by atoms with Crippen molar-refractivity contribution in [2.45, 2.75) is 26.3 Å². The number of carboxylic acids is 1. The second-order valence-corrected chi connectivity index (χ2v) is 6.59. The normalized spacial score (nSPS) is 19.4. The average Bonchev–Trinajstić information content (AvgIpc) is 2.47. The SMILES string of the molecule is Cc1ccc(C)c(OCCCN2CCSCC2C(=O)O)c1. The second-order valence-electron chi connectivity index (χ2n) is 5.44. The fourth-order valence-electron chi connectivity index (χ4n) is 2.45. The maximum Gasteiger partial charge on any atom is 0.321 e. The van der Waals surface area contributed by atoms with Gasteiger partial charge in [0.15, 0.2) is 0 Å². The number of aliphatic carboxylic acids is 1. The molecule has 5 heteroatoms. The van der Waals surface area contributed by atoms with Gasteiger partial charge in [-0.3, -0.25) is 9.69 Å². The molecule has 0 bridgehead atoms. The first-order chi connectivity index (χ1) is 10.1. The van der Waals surface area contributed by atoms with Crippen molar-refractivity contribution in [3.63, 3.8) is 0 Å². The third kappa shape index (κ3) is 4.64. The summed E-state index contributed by atoms with van der Waals surface area (Å²) in [6, 6.07) is 5.84. The van der Waals surface area contributed by atoms with E-state index in [0.717, 1.165) is 36.6 Å². The van der Waals surface area contributed by atoms with E-state index in [0.29, 0.717) is 12.4 Å². The van der Waals surface area contributed by atoms with E-state index in [4.69, 9.17) is 4.74 Å². The molecule has 1 atom stereocenters. The van der Waals surface area contributed by atoms with Gasteiger partial charge in [0.25, 0.3) is 0 Å². The number of nitrogens with zero attached hydrogens (tertiary/aromatic N) is 1. The molecule has 4 nitrogen and oxygen atoms in total. The zero-order chi connectivity index (χ0) is 15.2. The molecule has 1 unspecified atom stereocenters. The van der Waals surface area contributed by atoms with E-state index in [1.807, 2.05) is 13.0 Å². The van der Waals surface area contributed by atoms with Gasteiger partial charge in [-0.05, 0) is 37.5 Å². The number of hydrogen-bond donors (Lipinski definition) is 1. The van der Waals surface area contributed by atoms with Crippen LogP contribution >= 0.6 is 11.8 Å². The van der Waals surface area contributed by atoms with Gasteiger partial charge in [0, 0.05) is 24.6 Å². The lowest BCUT2D eigenvalue weighted by Crippen LogP contribution is -2.47. The van der Waals surface area contributed by atoms with E-state index in [2.05, 4.69) is 24.0 Å². The molecular formula is C16H23NO3S. The molecule has 1 aromatic carbocycles. The second kappa shape index (κ2) is 7.71. The van der Waals surface area contributed by atoms with Crippen LogP contribution in [-0.2, 0) is 4.79 Å². The highest BCUT2D eigenvalue weighted by atomic mass is 32.2. The summed E-state index contributed by atoms with van der Waals surface area (Å²) in [4.78, 5) is 13.3. The Morgan fingerprint density at radius 1 is 1.48 bits per heavy atom. The smallest absolute Gasteiger partial charge is 0.321 e. The first kappa shape index (κ1) is 16.2. The predicted octanol–water partition coefficient (Wildman–Crippen LogP) is 2.57. The fraction of sp³-hybridized carbons (Fsp3) is 0.562. The van der Waals surface area contributed by atoms with E-state index < -0.39 is 5.97 Å². The largest absolute Gasteiger partial charge is 0.493 e. The molecule has 0 amide bonds. The molecular weight excluding hydrogens is 286 g/mol. The Morgan fingerprint density at radius 2 is 2.29 bits per heavy atom. The van der Waals surface area contributed by atoms with Crippen LogP contribution in [0.2, 0.25) is 0 Å². The number of benzene rings is 1. The van der Waals surface area contributed by atoms with Crippen molar-refractivity contribution in [1.29, 1.82) is 0 Å². The number of aryl methyl sites for hydroxylation is 2. The highest BCUT2D eigenvalue weighted by molar-refractivity contribution is 7.99. The molecule has 1 heterocycles. The topological polar surface area (TPSA) is 49.8 Å².